The Hall–Kier alpha value is -2.50. The van der Waals surface area contributed by atoms with Gasteiger partial charge in [-0.1, -0.05) is 50.8 Å². The Kier molecular flexibility index (Phi) is 6.86. The number of nitrogens with one attached hydrogen (secondary N) is 3. The van der Waals surface area contributed by atoms with Crippen LogP contribution in [-0.4, -0.2) is 22.5 Å². The molecule has 6 heteroatoms. The number of hydrogen-bond donors (Lipinski definition) is 3. The fourth-order valence-corrected chi connectivity index (χ4v) is 2.91. The summed E-state index contributed by atoms with van der Waals surface area (Å²) in [5.74, 6) is -0.331. The van der Waals surface area contributed by atoms with Crippen LogP contribution in [0.4, 0.5) is 4.79 Å². The molecule has 136 valence electrons. The van der Waals surface area contributed by atoms with E-state index in [0.29, 0.717) is 5.56 Å². The highest BCUT2D eigenvalue weighted by atomic mass is 16.2. The van der Waals surface area contributed by atoms with Crippen molar-refractivity contribution in [3.8, 4) is 0 Å². The highest BCUT2D eigenvalue weighted by Gasteiger charge is 2.14. The molecule has 1 aromatic carbocycles. The maximum Gasteiger partial charge on any atom is 0.333 e. The molecule has 0 aliphatic rings. The van der Waals surface area contributed by atoms with Crippen molar-refractivity contribution >= 4 is 22.8 Å². The van der Waals surface area contributed by atoms with E-state index in [-0.39, 0.29) is 11.9 Å². The molecule has 3 N–H and O–H groups in total. The summed E-state index contributed by atoms with van der Waals surface area (Å²) in [7, 11) is 1.89. The summed E-state index contributed by atoms with van der Waals surface area (Å²) in [5.41, 5.74) is 6.40. The molecular formula is C19H28N4O2. The van der Waals surface area contributed by atoms with Crippen LogP contribution in [-0.2, 0) is 7.05 Å². The number of fused-ring (bicyclic) bond motifs is 1. The average Bonchev–Trinajstić information content (AvgIpc) is 2.94. The summed E-state index contributed by atoms with van der Waals surface area (Å²) in [6, 6.07) is 7.34. The van der Waals surface area contributed by atoms with Gasteiger partial charge in [0, 0.05) is 30.2 Å². The number of aromatic nitrogens is 1. The van der Waals surface area contributed by atoms with Gasteiger partial charge >= 0.3 is 6.03 Å². The maximum atomic E-state index is 12.3. The van der Waals surface area contributed by atoms with Gasteiger partial charge in [0.25, 0.3) is 5.91 Å². The molecule has 0 aliphatic heterocycles. The van der Waals surface area contributed by atoms with Crippen molar-refractivity contribution in [3.05, 3.63) is 36.0 Å². The van der Waals surface area contributed by atoms with E-state index in [4.69, 9.17) is 0 Å². The van der Waals surface area contributed by atoms with E-state index >= 15 is 0 Å². The number of aryl methyl sites for hydroxylation is 1. The minimum absolute atomic E-state index is 0.0753. The lowest BCUT2D eigenvalue weighted by Gasteiger charge is -2.14. The van der Waals surface area contributed by atoms with Crippen LogP contribution in [0.5, 0.6) is 0 Å². The van der Waals surface area contributed by atoms with Crippen LogP contribution in [0.3, 0.4) is 0 Å². The van der Waals surface area contributed by atoms with E-state index in [1.165, 1.54) is 19.3 Å². The van der Waals surface area contributed by atoms with Crippen LogP contribution >= 0.6 is 0 Å². The highest BCUT2D eigenvalue weighted by Crippen LogP contribution is 2.19. The Morgan fingerprint density at radius 1 is 1.12 bits per heavy atom. The molecule has 0 saturated carbocycles. The predicted molar refractivity (Wildman–Crippen MR) is 100 cm³/mol. The number of para-hydroxylation sites is 1. The summed E-state index contributed by atoms with van der Waals surface area (Å²) < 4.78 is 1.89. The fourth-order valence-electron chi connectivity index (χ4n) is 2.91. The Morgan fingerprint density at radius 2 is 1.88 bits per heavy atom. The van der Waals surface area contributed by atoms with Gasteiger partial charge in [0.15, 0.2) is 0 Å². The van der Waals surface area contributed by atoms with Gasteiger partial charge in [0.2, 0.25) is 0 Å². The monoisotopic (exact) mass is 344 g/mol. The highest BCUT2D eigenvalue weighted by molar-refractivity contribution is 6.07. The van der Waals surface area contributed by atoms with Crippen molar-refractivity contribution < 1.29 is 9.59 Å². The number of hydrazine groups is 1. The number of amides is 3. The number of hydrogen-bond acceptors (Lipinski definition) is 2. The summed E-state index contributed by atoms with van der Waals surface area (Å²) in [6.07, 6.45) is 7.39. The topological polar surface area (TPSA) is 75.2 Å². The zero-order valence-corrected chi connectivity index (χ0v) is 15.3. The lowest BCUT2D eigenvalue weighted by Crippen LogP contribution is -2.49. The van der Waals surface area contributed by atoms with Crippen molar-refractivity contribution in [3.63, 3.8) is 0 Å². The van der Waals surface area contributed by atoms with E-state index in [0.717, 1.165) is 23.7 Å². The number of nitrogens with zero attached hydrogens (tertiary/aromatic N) is 1. The lowest BCUT2D eigenvalue weighted by atomic mass is 10.1. The molecule has 2 aromatic rings. The van der Waals surface area contributed by atoms with Gasteiger partial charge in [-0.25, -0.2) is 10.2 Å². The number of benzene rings is 1. The molecule has 0 saturated heterocycles. The fraction of sp³-hybridized carbons (Fsp3) is 0.474. The van der Waals surface area contributed by atoms with Crippen LogP contribution in [0.2, 0.25) is 0 Å². The molecule has 0 bridgehead atoms. The molecule has 6 nitrogen and oxygen atoms in total. The Morgan fingerprint density at radius 3 is 2.64 bits per heavy atom. The molecule has 0 aliphatic carbocycles. The molecule has 1 heterocycles. The molecule has 1 atom stereocenters. The maximum absolute atomic E-state index is 12.3. The molecule has 3 amide bonds. The number of carbonyl (C=O) groups excluding carboxylic acids is 2. The zero-order valence-electron chi connectivity index (χ0n) is 15.3. The van der Waals surface area contributed by atoms with Crippen molar-refractivity contribution in [1.82, 2.24) is 20.7 Å². The van der Waals surface area contributed by atoms with Crippen LogP contribution in [0.15, 0.2) is 30.5 Å². The van der Waals surface area contributed by atoms with Gasteiger partial charge in [0.1, 0.15) is 0 Å². The van der Waals surface area contributed by atoms with Crippen molar-refractivity contribution in [2.24, 2.45) is 7.05 Å². The average molecular weight is 344 g/mol. The van der Waals surface area contributed by atoms with E-state index in [9.17, 15) is 9.59 Å². The number of unbranched alkanes of at least 4 members (excludes halogenated alkanes) is 3. The van der Waals surface area contributed by atoms with Crippen LogP contribution in [0.25, 0.3) is 10.9 Å². The molecule has 2 rings (SSSR count). The summed E-state index contributed by atoms with van der Waals surface area (Å²) in [6.45, 7) is 4.14. The Bertz CT molecular complexity index is 723. The summed E-state index contributed by atoms with van der Waals surface area (Å²) >= 11 is 0. The van der Waals surface area contributed by atoms with Gasteiger partial charge in [0.05, 0.1) is 5.56 Å². The van der Waals surface area contributed by atoms with E-state index in [2.05, 4.69) is 23.1 Å². The molecule has 1 aromatic heterocycles. The van der Waals surface area contributed by atoms with Gasteiger partial charge in [-0.05, 0) is 19.4 Å². The second-order valence-electron chi connectivity index (χ2n) is 6.47. The summed E-state index contributed by atoms with van der Waals surface area (Å²) in [5, 5.41) is 3.69. The minimum atomic E-state index is -0.392. The second kappa shape index (κ2) is 9.11. The van der Waals surface area contributed by atoms with Gasteiger partial charge in [-0.3, -0.25) is 10.2 Å². The van der Waals surface area contributed by atoms with Crippen LogP contribution < -0.4 is 16.2 Å². The number of rotatable bonds is 7. The quantitative estimate of drug-likeness (QED) is 0.531. The van der Waals surface area contributed by atoms with E-state index in [1.807, 2.05) is 42.8 Å². The zero-order chi connectivity index (χ0) is 18.2. The number of carbonyl (C=O) groups is 2. The van der Waals surface area contributed by atoms with Gasteiger partial charge in [-0.15, -0.1) is 0 Å². The summed E-state index contributed by atoms with van der Waals surface area (Å²) in [4.78, 5) is 24.2. The first-order valence-electron chi connectivity index (χ1n) is 8.93. The predicted octanol–water partition coefficient (Wildman–Crippen LogP) is 3.48. The SMILES string of the molecule is CCCCCCC(C)NC(=O)NNC(=O)c1cn(C)c2ccccc12. The first kappa shape index (κ1) is 18.8. The van der Waals surface area contributed by atoms with Crippen LogP contribution in [0.1, 0.15) is 56.3 Å². The third-order valence-electron chi connectivity index (χ3n) is 4.30. The molecule has 0 spiro atoms. The molecular weight excluding hydrogens is 316 g/mol. The van der Waals surface area contributed by atoms with Gasteiger partial charge < -0.3 is 9.88 Å². The van der Waals surface area contributed by atoms with E-state index < -0.39 is 6.03 Å². The molecule has 1 unspecified atom stereocenters. The van der Waals surface area contributed by atoms with Crippen molar-refractivity contribution in [1.29, 1.82) is 0 Å². The van der Waals surface area contributed by atoms with E-state index in [1.54, 1.807) is 6.20 Å². The molecule has 25 heavy (non-hydrogen) atoms. The van der Waals surface area contributed by atoms with Crippen molar-refractivity contribution in [2.75, 3.05) is 0 Å². The Balaban J connectivity index is 1.82. The minimum Gasteiger partial charge on any atom is -0.350 e. The smallest absolute Gasteiger partial charge is 0.333 e. The van der Waals surface area contributed by atoms with Crippen LogP contribution in [0, 0.1) is 0 Å². The molecule has 0 radical (unpaired) electrons. The first-order chi connectivity index (χ1) is 12.0. The third-order valence-corrected chi connectivity index (χ3v) is 4.30. The van der Waals surface area contributed by atoms with Crippen molar-refractivity contribution in [2.45, 2.75) is 52.0 Å². The number of urea groups is 1. The Labute approximate surface area is 148 Å². The third kappa shape index (κ3) is 5.24. The second-order valence-corrected chi connectivity index (χ2v) is 6.47. The normalized spacial score (nSPS) is 12.0. The first-order valence-corrected chi connectivity index (χ1v) is 8.93. The largest absolute Gasteiger partial charge is 0.350 e. The lowest BCUT2D eigenvalue weighted by molar-refractivity contribution is 0.0937. The molecule has 0 fully saturated rings. The van der Waals surface area contributed by atoms with Gasteiger partial charge in [-0.2, -0.15) is 0 Å². The standard InChI is InChI=1S/C19H28N4O2/c1-4-5-6-7-10-14(2)20-19(25)22-21-18(24)16-13-23(3)17-12-9-8-11-15(16)17/h8-9,11-14H,4-7,10H2,1-3H3,(H,21,24)(H2,20,22,25).